The molecule has 0 amide bonds. The van der Waals surface area contributed by atoms with Gasteiger partial charge in [-0.25, -0.2) is 0 Å². The summed E-state index contributed by atoms with van der Waals surface area (Å²) in [6.07, 6.45) is 1.41. The number of nitrogens with one attached hydrogen (secondary N) is 1. The first-order valence-electron chi connectivity index (χ1n) is 6.99. The standard InChI is InChI=1S/C16H25NO3/c1-16(2)14(9-15(16)20-5)17-10-11-6-12(18-3)8-13(7-11)19-4/h6-8,14-15,17H,9-10H2,1-5H3. The van der Waals surface area contributed by atoms with Gasteiger partial charge in [0.2, 0.25) is 0 Å². The molecule has 4 nitrogen and oxygen atoms in total. The second-order valence-electron chi connectivity index (χ2n) is 5.94. The predicted molar refractivity (Wildman–Crippen MR) is 79.4 cm³/mol. The predicted octanol–water partition coefficient (Wildman–Crippen LogP) is 2.61. The van der Waals surface area contributed by atoms with Crippen molar-refractivity contribution >= 4 is 0 Å². The summed E-state index contributed by atoms with van der Waals surface area (Å²) in [6, 6.07) is 6.44. The molecule has 0 heterocycles. The van der Waals surface area contributed by atoms with Gasteiger partial charge >= 0.3 is 0 Å². The largest absolute Gasteiger partial charge is 0.497 e. The molecular formula is C16H25NO3. The number of hydrogen-bond acceptors (Lipinski definition) is 4. The zero-order chi connectivity index (χ0) is 14.8. The van der Waals surface area contributed by atoms with Gasteiger partial charge in [0.1, 0.15) is 11.5 Å². The third-order valence-corrected chi connectivity index (χ3v) is 4.43. The van der Waals surface area contributed by atoms with E-state index in [1.165, 1.54) is 0 Å². The van der Waals surface area contributed by atoms with Gasteiger partial charge in [-0.2, -0.15) is 0 Å². The van der Waals surface area contributed by atoms with Gasteiger partial charge in [-0.3, -0.25) is 0 Å². The van der Waals surface area contributed by atoms with E-state index in [1.54, 1.807) is 21.3 Å². The first-order valence-corrected chi connectivity index (χ1v) is 6.99. The van der Waals surface area contributed by atoms with E-state index >= 15 is 0 Å². The fourth-order valence-corrected chi connectivity index (χ4v) is 2.84. The molecule has 0 spiro atoms. The van der Waals surface area contributed by atoms with Crippen molar-refractivity contribution in [2.75, 3.05) is 21.3 Å². The summed E-state index contributed by atoms with van der Waals surface area (Å²) in [5.74, 6) is 1.65. The SMILES string of the molecule is COc1cc(CNC2CC(OC)C2(C)C)cc(OC)c1. The van der Waals surface area contributed by atoms with Crippen molar-refractivity contribution in [3.63, 3.8) is 0 Å². The van der Waals surface area contributed by atoms with E-state index in [0.29, 0.717) is 12.1 Å². The third-order valence-electron chi connectivity index (χ3n) is 4.43. The van der Waals surface area contributed by atoms with Crippen LogP contribution in [0.3, 0.4) is 0 Å². The summed E-state index contributed by atoms with van der Waals surface area (Å²) >= 11 is 0. The Morgan fingerprint density at radius 1 is 1.10 bits per heavy atom. The van der Waals surface area contributed by atoms with Crippen LogP contribution in [-0.4, -0.2) is 33.5 Å². The summed E-state index contributed by atoms with van der Waals surface area (Å²) in [7, 11) is 5.13. The van der Waals surface area contributed by atoms with E-state index < -0.39 is 0 Å². The monoisotopic (exact) mass is 279 g/mol. The zero-order valence-corrected chi connectivity index (χ0v) is 13.0. The molecule has 1 fully saturated rings. The van der Waals surface area contributed by atoms with E-state index in [9.17, 15) is 0 Å². The molecule has 1 aliphatic carbocycles. The van der Waals surface area contributed by atoms with Crippen molar-refractivity contribution < 1.29 is 14.2 Å². The van der Waals surface area contributed by atoms with E-state index in [0.717, 1.165) is 30.0 Å². The van der Waals surface area contributed by atoms with Crippen molar-refractivity contribution in [3.05, 3.63) is 23.8 Å². The van der Waals surface area contributed by atoms with Gasteiger partial charge in [-0.15, -0.1) is 0 Å². The third kappa shape index (κ3) is 2.91. The summed E-state index contributed by atoms with van der Waals surface area (Å²) in [4.78, 5) is 0. The minimum absolute atomic E-state index is 0.178. The highest BCUT2D eigenvalue weighted by molar-refractivity contribution is 5.38. The van der Waals surface area contributed by atoms with Crippen LogP contribution >= 0.6 is 0 Å². The van der Waals surface area contributed by atoms with E-state index in [-0.39, 0.29) is 5.41 Å². The lowest BCUT2D eigenvalue weighted by Gasteiger charge is -2.51. The van der Waals surface area contributed by atoms with Gasteiger partial charge in [0.25, 0.3) is 0 Å². The molecule has 1 aromatic carbocycles. The van der Waals surface area contributed by atoms with Gasteiger partial charge < -0.3 is 19.5 Å². The number of rotatable bonds is 6. The van der Waals surface area contributed by atoms with Crippen molar-refractivity contribution in [2.45, 2.75) is 39.0 Å². The average molecular weight is 279 g/mol. The molecule has 2 atom stereocenters. The Hall–Kier alpha value is -1.26. The minimum atomic E-state index is 0.178. The Bertz CT molecular complexity index is 437. The highest BCUT2D eigenvalue weighted by atomic mass is 16.5. The van der Waals surface area contributed by atoms with Crippen LogP contribution in [0.2, 0.25) is 0 Å². The molecule has 112 valence electrons. The fraction of sp³-hybridized carbons (Fsp3) is 0.625. The molecule has 1 aliphatic rings. The molecule has 1 N–H and O–H groups in total. The Morgan fingerprint density at radius 2 is 1.70 bits per heavy atom. The van der Waals surface area contributed by atoms with Gasteiger partial charge in [0, 0.05) is 31.2 Å². The highest BCUT2D eigenvalue weighted by Crippen LogP contribution is 2.42. The average Bonchev–Trinajstić information content (AvgIpc) is 2.45. The van der Waals surface area contributed by atoms with Gasteiger partial charge in [0.05, 0.1) is 20.3 Å². The van der Waals surface area contributed by atoms with Crippen LogP contribution < -0.4 is 14.8 Å². The van der Waals surface area contributed by atoms with Crippen LogP contribution in [0, 0.1) is 5.41 Å². The van der Waals surface area contributed by atoms with Crippen molar-refractivity contribution in [1.82, 2.24) is 5.32 Å². The second kappa shape index (κ2) is 6.02. The van der Waals surface area contributed by atoms with E-state index in [4.69, 9.17) is 14.2 Å². The summed E-state index contributed by atoms with van der Waals surface area (Å²) in [5, 5.41) is 3.60. The van der Waals surface area contributed by atoms with Crippen molar-refractivity contribution in [2.24, 2.45) is 5.41 Å². The normalized spacial score (nSPS) is 24.1. The van der Waals surface area contributed by atoms with Gasteiger partial charge in [-0.1, -0.05) is 13.8 Å². The molecule has 1 saturated carbocycles. The summed E-state index contributed by atoms with van der Waals surface area (Å²) in [5.41, 5.74) is 1.34. The number of hydrogen-bond donors (Lipinski definition) is 1. The van der Waals surface area contributed by atoms with Crippen LogP contribution in [0.4, 0.5) is 0 Å². The second-order valence-corrected chi connectivity index (χ2v) is 5.94. The highest BCUT2D eigenvalue weighted by Gasteiger charge is 2.48. The number of ether oxygens (including phenoxy) is 3. The first-order chi connectivity index (χ1) is 9.51. The molecule has 4 heteroatoms. The van der Waals surface area contributed by atoms with Crippen molar-refractivity contribution in [3.8, 4) is 11.5 Å². The number of methoxy groups -OCH3 is 3. The fourth-order valence-electron chi connectivity index (χ4n) is 2.84. The molecule has 1 aromatic rings. The maximum Gasteiger partial charge on any atom is 0.122 e. The quantitative estimate of drug-likeness (QED) is 0.869. The van der Waals surface area contributed by atoms with Gasteiger partial charge in [0.15, 0.2) is 0 Å². The molecule has 2 unspecified atom stereocenters. The molecule has 2 rings (SSSR count). The van der Waals surface area contributed by atoms with Crippen LogP contribution in [0.25, 0.3) is 0 Å². The molecule has 0 bridgehead atoms. The van der Waals surface area contributed by atoms with E-state index in [1.807, 2.05) is 18.2 Å². The van der Waals surface area contributed by atoms with E-state index in [2.05, 4.69) is 19.2 Å². The lowest BCUT2D eigenvalue weighted by Crippen LogP contribution is -2.60. The Labute approximate surface area is 121 Å². The first kappa shape index (κ1) is 15.1. The van der Waals surface area contributed by atoms with Crippen LogP contribution in [0.15, 0.2) is 18.2 Å². The maximum atomic E-state index is 5.48. The molecule has 0 saturated heterocycles. The van der Waals surface area contributed by atoms with Gasteiger partial charge in [-0.05, 0) is 24.1 Å². The van der Waals surface area contributed by atoms with Crippen molar-refractivity contribution in [1.29, 1.82) is 0 Å². The Balaban J connectivity index is 1.98. The Morgan fingerprint density at radius 3 is 2.15 bits per heavy atom. The summed E-state index contributed by atoms with van der Waals surface area (Å²) < 4.78 is 16.1. The smallest absolute Gasteiger partial charge is 0.122 e. The topological polar surface area (TPSA) is 39.7 Å². The molecule has 20 heavy (non-hydrogen) atoms. The molecule has 0 aliphatic heterocycles. The lowest BCUT2D eigenvalue weighted by atomic mass is 9.64. The summed E-state index contributed by atoms with van der Waals surface area (Å²) in [6.45, 7) is 5.29. The number of benzene rings is 1. The van der Waals surface area contributed by atoms with Crippen LogP contribution in [0.5, 0.6) is 11.5 Å². The van der Waals surface area contributed by atoms with Crippen LogP contribution in [-0.2, 0) is 11.3 Å². The van der Waals surface area contributed by atoms with Crippen LogP contribution in [0.1, 0.15) is 25.8 Å². The molecule has 0 radical (unpaired) electrons. The maximum absolute atomic E-state index is 5.48. The minimum Gasteiger partial charge on any atom is -0.497 e. The molecule has 0 aromatic heterocycles. The zero-order valence-electron chi connectivity index (χ0n) is 13.0. The lowest BCUT2D eigenvalue weighted by molar-refractivity contribution is -0.0979. The molecular weight excluding hydrogens is 254 g/mol. The Kier molecular flexibility index (Phi) is 4.55.